The van der Waals surface area contributed by atoms with Crippen LogP contribution in [0.3, 0.4) is 0 Å². The summed E-state index contributed by atoms with van der Waals surface area (Å²) in [6, 6.07) is 17.0. The molecule has 0 saturated carbocycles. The van der Waals surface area contributed by atoms with E-state index in [4.69, 9.17) is 30.5 Å². The fraction of sp³-hybridized carbons (Fsp3) is 0.276. The predicted molar refractivity (Wildman–Crippen MR) is 142 cm³/mol. The number of benzene rings is 3. The third-order valence-electron chi connectivity index (χ3n) is 7.07. The van der Waals surface area contributed by atoms with Crippen LogP contribution in [0.25, 0.3) is 0 Å². The molecule has 6 rings (SSSR count). The quantitative estimate of drug-likeness (QED) is 0.401. The Bertz CT molecular complexity index is 1420. The van der Waals surface area contributed by atoms with Crippen molar-refractivity contribution >= 4 is 28.8 Å². The van der Waals surface area contributed by atoms with Crippen LogP contribution >= 0.6 is 11.6 Å². The van der Waals surface area contributed by atoms with Gasteiger partial charge in [-0.15, -0.1) is 0 Å². The first-order valence-corrected chi connectivity index (χ1v) is 12.7. The Balaban J connectivity index is 1.43. The van der Waals surface area contributed by atoms with Gasteiger partial charge in [0.1, 0.15) is 0 Å². The molecular weight excluding hydrogens is 492 g/mol. The Hall–Kier alpha value is -3.84. The summed E-state index contributed by atoms with van der Waals surface area (Å²) in [5.41, 5.74) is 5.17. The zero-order chi connectivity index (χ0) is 25.5. The molecule has 190 valence electrons. The van der Waals surface area contributed by atoms with E-state index in [0.717, 1.165) is 28.2 Å². The van der Waals surface area contributed by atoms with Gasteiger partial charge in [0.2, 0.25) is 6.79 Å². The molecular formula is C29H27ClN2O5. The summed E-state index contributed by atoms with van der Waals surface area (Å²) >= 11 is 6.74. The molecule has 2 atom stereocenters. The van der Waals surface area contributed by atoms with Crippen molar-refractivity contribution in [3.05, 3.63) is 82.0 Å². The number of rotatable bonds is 5. The van der Waals surface area contributed by atoms with Gasteiger partial charge in [-0.2, -0.15) is 0 Å². The van der Waals surface area contributed by atoms with E-state index < -0.39 is 6.04 Å². The number of carbonyl (C=O) groups is 1. The molecule has 8 heteroatoms. The molecule has 3 aromatic rings. The van der Waals surface area contributed by atoms with E-state index >= 15 is 0 Å². The van der Waals surface area contributed by atoms with E-state index in [1.165, 1.54) is 0 Å². The van der Waals surface area contributed by atoms with Crippen LogP contribution in [-0.4, -0.2) is 26.3 Å². The van der Waals surface area contributed by atoms with Gasteiger partial charge >= 0.3 is 0 Å². The third kappa shape index (κ3) is 4.23. The summed E-state index contributed by atoms with van der Waals surface area (Å²) in [6.45, 7) is 2.64. The molecule has 7 nitrogen and oxygen atoms in total. The van der Waals surface area contributed by atoms with Crippen molar-refractivity contribution in [1.82, 2.24) is 0 Å². The minimum absolute atomic E-state index is 0.0125. The van der Waals surface area contributed by atoms with Crippen LogP contribution in [0, 0.1) is 0 Å². The van der Waals surface area contributed by atoms with E-state index in [9.17, 15) is 4.79 Å². The molecule has 2 N–H and O–H groups in total. The lowest BCUT2D eigenvalue weighted by atomic mass is 9.78. The highest BCUT2D eigenvalue weighted by Gasteiger charge is 2.37. The van der Waals surface area contributed by atoms with Crippen LogP contribution < -0.4 is 29.6 Å². The zero-order valence-corrected chi connectivity index (χ0v) is 21.4. The molecule has 0 radical (unpaired) electrons. The van der Waals surface area contributed by atoms with Crippen molar-refractivity contribution in [3.8, 4) is 23.0 Å². The van der Waals surface area contributed by atoms with Gasteiger partial charge in [-0.25, -0.2) is 0 Å². The molecule has 0 amide bonds. The number of allylic oxidation sites excluding steroid dienone is 1. The number of ether oxygens (including phenoxy) is 4. The predicted octanol–water partition coefficient (Wildman–Crippen LogP) is 6.46. The fourth-order valence-electron chi connectivity index (χ4n) is 5.33. The number of Topliss-reactive ketones (excluding diaryl/α,β-unsaturated/α-hetero) is 1. The van der Waals surface area contributed by atoms with Crippen molar-refractivity contribution < 1.29 is 23.7 Å². The zero-order valence-electron chi connectivity index (χ0n) is 20.6. The molecule has 2 heterocycles. The number of fused-ring (bicyclic) bond motifs is 2. The number of anilines is 2. The van der Waals surface area contributed by atoms with E-state index in [0.29, 0.717) is 53.0 Å². The van der Waals surface area contributed by atoms with E-state index in [2.05, 4.69) is 10.6 Å². The van der Waals surface area contributed by atoms with Crippen LogP contribution in [0.1, 0.15) is 42.9 Å². The number of ketones is 1. The summed E-state index contributed by atoms with van der Waals surface area (Å²) in [5.74, 6) is 2.63. The number of carbonyl (C=O) groups excluding carboxylic acids is 1. The largest absolute Gasteiger partial charge is 0.493 e. The standard InChI is InChI=1S/C29H27ClN2O5/c1-3-35-24-9-8-16(12-25(24)34-2)17-10-22-28(23(33)11-17)29(32-21-7-5-4-6-20(21)31-22)18-13-26-27(14-19(18)30)37-15-36-26/h4-9,12-14,17,29,31-32H,3,10-11,15H2,1-2H3. The van der Waals surface area contributed by atoms with Crippen molar-refractivity contribution in [3.63, 3.8) is 0 Å². The SMILES string of the molecule is CCOc1ccc(C2CC(=O)C3=C(C2)Nc2ccccc2NC3c2cc3c(cc2Cl)OCO3)cc1OC. The highest BCUT2D eigenvalue weighted by Crippen LogP contribution is 2.48. The Morgan fingerprint density at radius 3 is 2.57 bits per heavy atom. The minimum Gasteiger partial charge on any atom is -0.493 e. The van der Waals surface area contributed by atoms with Crippen LogP contribution in [-0.2, 0) is 4.79 Å². The fourth-order valence-corrected chi connectivity index (χ4v) is 5.59. The van der Waals surface area contributed by atoms with Gasteiger partial charge in [-0.1, -0.05) is 29.8 Å². The molecule has 37 heavy (non-hydrogen) atoms. The first-order chi connectivity index (χ1) is 18.1. The highest BCUT2D eigenvalue weighted by atomic mass is 35.5. The lowest BCUT2D eigenvalue weighted by molar-refractivity contribution is -0.116. The van der Waals surface area contributed by atoms with E-state index in [1.807, 2.05) is 55.5 Å². The second kappa shape index (κ2) is 9.56. The normalized spacial score (nSPS) is 19.8. The summed E-state index contributed by atoms with van der Waals surface area (Å²) in [7, 11) is 1.63. The van der Waals surface area contributed by atoms with Crippen molar-refractivity contribution in [1.29, 1.82) is 0 Å². The number of hydrogen-bond acceptors (Lipinski definition) is 7. The van der Waals surface area contributed by atoms with Crippen LogP contribution in [0.5, 0.6) is 23.0 Å². The van der Waals surface area contributed by atoms with E-state index in [1.54, 1.807) is 13.2 Å². The first-order valence-electron chi connectivity index (χ1n) is 12.3. The van der Waals surface area contributed by atoms with Crippen molar-refractivity contribution in [2.24, 2.45) is 0 Å². The topological polar surface area (TPSA) is 78.1 Å². The molecule has 0 fully saturated rings. The van der Waals surface area contributed by atoms with Crippen LogP contribution in [0.4, 0.5) is 11.4 Å². The maximum atomic E-state index is 13.9. The van der Waals surface area contributed by atoms with Crippen molar-refractivity contribution in [2.45, 2.75) is 31.7 Å². The molecule has 2 unspecified atom stereocenters. The van der Waals surface area contributed by atoms with Gasteiger partial charge in [0, 0.05) is 29.3 Å². The van der Waals surface area contributed by atoms with Crippen molar-refractivity contribution in [2.75, 3.05) is 31.1 Å². The molecule has 0 bridgehead atoms. The van der Waals surface area contributed by atoms with E-state index in [-0.39, 0.29) is 18.5 Å². The maximum Gasteiger partial charge on any atom is 0.231 e. The lowest BCUT2D eigenvalue weighted by Crippen LogP contribution is -2.27. The Morgan fingerprint density at radius 2 is 1.78 bits per heavy atom. The Labute approximate surface area is 220 Å². The van der Waals surface area contributed by atoms with Gasteiger partial charge in [0.05, 0.1) is 36.2 Å². The second-order valence-electron chi connectivity index (χ2n) is 9.24. The molecule has 0 aromatic heterocycles. The number of halogens is 1. The van der Waals surface area contributed by atoms with Gasteiger partial charge in [-0.3, -0.25) is 4.79 Å². The molecule has 1 aliphatic carbocycles. The average Bonchev–Trinajstić information content (AvgIpc) is 3.28. The average molecular weight is 519 g/mol. The number of methoxy groups -OCH3 is 1. The van der Waals surface area contributed by atoms with Crippen LogP contribution in [0.15, 0.2) is 65.9 Å². The van der Waals surface area contributed by atoms with Gasteiger partial charge < -0.3 is 29.6 Å². The number of hydrogen-bond donors (Lipinski definition) is 2. The lowest BCUT2D eigenvalue weighted by Gasteiger charge is -2.30. The van der Waals surface area contributed by atoms with Crippen LogP contribution in [0.2, 0.25) is 5.02 Å². The number of para-hydroxylation sites is 2. The Kier molecular flexibility index (Phi) is 6.08. The molecule has 3 aliphatic rings. The summed E-state index contributed by atoms with van der Waals surface area (Å²) < 4.78 is 22.4. The molecule has 2 aliphatic heterocycles. The smallest absolute Gasteiger partial charge is 0.231 e. The summed E-state index contributed by atoms with van der Waals surface area (Å²) in [5, 5.41) is 7.65. The Morgan fingerprint density at radius 1 is 1.00 bits per heavy atom. The summed E-state index contributed by atoms with van der Waals surface area (Å²) in [6.07, 6.45) is 1.03. The summed E-state index contributed by atoms with van der Waals surface area (Å²) in [4.78, 5) is 13.9. The number of nitrogens with one attached hydrogen (secondary N) is 2. The molecule has 0 saturated heterocycles. The van der Waals surface area contributed by atoms with Gasteiger partial charge in [0.25, 0.3) is 0 Å². The highest BCUT2D eigenvalue weighted by molar-refractivity contribution is 6.31. The molecule has 3 aromatic carbocycles. The second-order valence-corrected chi connectivity index (χ2v) is 9.65. The molecule has 0 spiro atoms. The van der Waals surface area contributed by atoms with Gasteiger partial charge in [-0.05, 0) is 55.2 Å². The first kappa shape index (κ1) is 23.6. The minimum atomic E-state index is -0.448. The third-order valence-corrected chi connectivity index (χ3v) is 7.40. The monoisotopic (exact) mass is 518 g/mol. The maximum absolute atomic E-state index is 13.9. The van der Waals surface area contributed by atoms with Gasteiger partial charge in [0.15, 0.2) is 28.8 Å².